The molecule has 1 amide bonds. The normalized spacial score (nSPS) is 11.7. The van der Waals surface area contributed by atoms with E-state index >= 15 is 0 Å². The van der Waals surface area contributed by atoms with E-state index in [-0.39, 0.29) is 24.0 Å². The van der Waals surface area contributed by atoms with Crippen LogP contribution in [0.2, 0.25) is 0 Å². The lowest BCUT2D eigenvalue weighted by atomic mass is 9.99. The summed E-state index contributed by atoms with van der Waals surface area (Å²) in [6.07, 6.45) is 3.29. The molecule has 27 heavy (non-hydrogen) atoms. The molecule has 144 valence electrons. The molecule has 0 spiro atoms. The average Bonchev–Trinajstić information content (AvgIpc) is 2.93. The standard InChI is InChI=1S/C20H25N3O4/c1-6-27-20(26)18-12(2)17(13(3)22-18)19(25)14(4)23(15(5)24)11-16-7-9-21-10-8-16/h7-10,14,22H,6,11H2,1-5H3. The number of rotatable bonds is 7. The van der Waals surface area contributed by atoms with E-state index in [4.69, 9.17) is 4.74 Å². The number of amides is 1. The van der Waals surface area contributed by atoms with Gasteiger partial charge in [-0.05, 0) is 51.0 Å². The van der Waals surface area contributed by atoms with Crippen LogP contribution >= 0.6 is 0 Å². The molecule has 1 N–H and O–H groups in total. The summed E-state index contributed by atoms with van der Waals surface area (Å²) in [6, 6.07) is 2.93. The Balaban J connectivity index is 2.32. The fraction of sp³-hybridized carbons (Fsp3) is 0.400. The predicted octanol–water partition coefficient (Wildman–Crippen LogP) is 2.82. The van der Waals surface area contributed by atoms with E-state index in [1.165, 1.54) is 11.8 Å². The van der Waals surface area contributed by atoms with Crippen molar-refractivity contribution in [1.29, 1.82) is 0 Å². The lowest BCUT2D eigenvalue weighted by Gasteiger charge is -2.27. The first-order valence-electron chi connectivity index (χ1n) is 8.84. The molecule has 0 bridgehead atoms. The Morgan fingerprint density at radius 2 is 1.85 bits per heavy atom. The summed E-state index contributed by atoms with van der Waals surface area (Å²) in [6.45, 7) is 8.85. The molecule has 2 aromatic heterocycles. The first kappa shape index (κ1) is 20.4. The highest BCUT2D eigenvalue weighted by molar-refractivity contribution is 6.06. The first-order chi connectivity index (χ1) is 12.8. The molecule has 0 fully saturated rings. The van der Waals surface area contributed by atoms with Crippen LogP contribution in [0.4, 0.5) is 0 Å². The second-order valence-electron chi connectivity index (χ2n) is 6.39. The van der Waals surface area contributed by atoms with E-state index < -0.39 is 12.0 Å². The van der Waals surface area contributed by atoms with Crippen molar-refractivity contribution in [1.82, 2.24) is 14.9 Å². The minimum atomic E-state index is -0.682. The number of hydrogen-bond acceptors (Lipinski definition) is 5. The van der Waals surface area contributed by atoms with Crippen molar-refractivity contribution >= 4 is 17.7 Å². The Morgan fingerprint density at radius 3 is 2.41 bits per heavy atom. The third-order valence-electron chi connectivity index (χ3n) is 4.52. The molecular formula is C20H25N3O4. The van der Waals surface area contributed by atoms with Crippen LogP contribution in [0.15, 0.2) is 24.5 Å². The summed E-state index contributed by atoms with van der Waals surface area (Å²) in [5.41, 5.74) is 2.70. The molecule has 7 nitrogen and oxygen atoms in total. The first-order valence-corrected chi connectivity index (χ1v) is 8.84. The Kier molecular flexibility index (Phi) is 6.50. The van der Waals surface area contributed by atoms with Gasteiger partial charge < -0.3 is 14.6 Å². The van der Waals surface area contributed by atoms with E-state index in [0.29, 0.717) is 23.4 Å². The molecular weight excluding hydrogens is 346 g/mol. The van der Waals surface area contributed by atoms with Gasteiger partial charge in [-0.2, -0.15) is 0 Å². The molecule has 0 saturated heterocycles. The predicted molar refractivity (Wildman–Crippen MR) is 100 cm³/mol. The van der Waals surface area contributed by atoms with E-state index in [9.17, 15) is 14.4 Å². The van der Waals surface area contributed by atoms with Gasteiger partial charge in [0.05, 0.1) is 12.6 Å². The highest BCUT2D eigenvalue weighted by Gasteiger charge is 2.30. The zero-order chi connectivity index (χ0) is 20.1. The molecule has 2 heterocycles. The lowest BCUT2D eigenvalue weighted by molar-refractivity contribution is -0.130. The van der Waals surface area contributed by atoms with Crippen LogP contribution in [-0.2, 0) is 16.1 Å². The Bertz CT molecular complexity index is 842. The minimum absolute atomic E-state index is 0.205. The van der Waals surface area contributed by atoms with Crippen LogP contribution < -0.4 is 0 Å². The summed E-state index contributed by atoms with van der Waals surface area (Å²) in [5, 5.41) is 0. The van der Waals surface area contributed by atoms with Gasteiger partial charge in [-0.25, -0.2) is 4.79 Å². The van der Waals surface area contributed by atoms with Gasteiger partial charge in [-0.1, -0.05) is 0 Å². The fourth-order valence-corrected chi connectivity index (χ4v) is 3.08. The maximum atomic E-state index is 13.1. The molecule has 7 heteroatoms. The summed E-state index contributed by atoms with van der Waals surface area (Å²) in [7, 11) is 0. The second-order valence-corrected chi connectivity index (χ2v) is 6.39. The molecule has 0 radical (unpaired) electrons. The smallest absolute Gasteiger partial charge is 0.355 e. The van der Waals surface area contributed by atoms with E-state index in [1.807, 2.05) is 0 Å². The number of aryl methyl sites for hydroxylation is 1. The topological polar surface area (TPSA) is 92.4 Å². The van der Waals surface area contributed by atoms with Crippen LogP contribution in [0.25, 0.3) is 0 Å². The molecule has 0 saturated carbocycles. The molecule has 1 atom stereocenters. The van der Waals surface area contributed by atoms with Crippen LogP contribution in [0.1, 0.15) is 58.4 Å². The zero-order valence-corrected chi connectivity index (χ0v) is 16.3. The lowest BCUT2D eigenvalue weighted by Crippen LogP contribution is -2.42. The number of Topliss-reactive ketones (excluding diaryl/α,β-unsaturated/α-hetero) is 1. The van der Waals surface area contributed by atoms with Gasteiger partial charge in [0.1, 0.15) is 5.69 Å². The number of carbonyl (C=O) groups excluding carboxylic acids is 3. The van der Waals surface area contributed by atoms with Gasteiger partial charge in [-0.15, -0.1) is 0 Å². The van der Waals surface area contributed by atoms with Gasteiger partial charge in [-0.3, -0.25) is 14.6 Å². The number of nitrogens with zero attached hydrogens (tertiary/aromatic N) is 2. The highest BCUT2D eigenvalue weighted by Crippen LogP contribution is 2.23. The van der Waals surface area contributed by atoms with Crippen molar-refractivity contribution in [2.45, 2.75) is 47.2 Å². The SMILES string of the molecule is CCOC(=O)c1[nH]c(C)c(C(=O)C(C)N(Cc2ccncc2)C(C)=O)c1C. The van der Waals surface area contributed by atoms with Crippen molar-refractivity contribution in [3.63, 3.8) is 0 Å². The number of carbonyl (C=O) groups is 3. The molecule has 2 aromatic rings. The van der Waals surface area contributed by atoms with Gasteiger partial charge in [0.15, 0.2) is 5.78 Å². The number of aromatic nitrogens is 2. The molecule has 0 aliphatic heterocycles. The van der Waals surface area contributed by atoms with E-state index in [1.54, 1.807) is 52.2 Å². The molecule has 0 aliphatic carbocycles. The van der Waals surface area contributed by atoms with E-state index in [2.05, 4.69) is 9.97 Å². The van der Waals surface area contributed by atoms with Gasteiger partial charge in [0, 0.05) is 37.1 Å². The maximum absolute atomic E-state index is 13.1. The van der Waals surface area contributed by atoms with Gasteiger partial charge in [0.2, 0.25) is 5.91 Å². The molecule has 0 aromatic carbocycles. The largest absolute Gasteiger partial charge is 0.461 e. The number of hydrogen-bond donors (Lipinski definition) is 1. The summed E-state index contributed by atoms with van der Waals surface area (Å²) < 4.78 is 5.03. The molecule has 0 aliphatic rings. The van der Waals surface area contributed by atoms with Crippen LogP contribution in [0.5, 0.6) is 0 Å². The number of ether oxygens (including phenoxy) is 1. The number of H-pyrrole nitrogens is 1. The summed E-state index contributed by atoms with van der Waals surface area (Å²) in [4.78, 5) is 45.8. The number of pyridine rings is 1. The van der Waals surface area contributed by atoms with Crippen molar-refractivity contribution in [3.05, 3.63) is 52.6 Å². The highest BCUT2D eigenvalue weighted by atomic mass is 16.5. The van der Waals surface area contributed by atoms with Crippen LogP contribution in [-0.4, -0.2) is 45.2 Å². The van der Waals surface area contributed by atoms with Crippen molar-refractivity contribution in [2.24, 2.45) is 0 Å². The second kappa shape index (κ2) is 8.62. The molecule has 1 unspecified atom stereocenters. The Labute approximate surface area is 158 Å². The van der Waals surface area contributed by atoms with Crippen molar-refractivity contribution in [3.8, 4) is 0 Å². The van der Waals surface area contributed by atoms with Crippen LogP contribution in [0, 0.1) is 13.8 Å². The van der Waals surface area contributed by atoms with Gasteiger partial charge >= 0.3 is 5.97 Å². The van der Waals surface area contributed by atoms with Crippen molar-refractivity contribution < 1.29 is 19.1 Å². The number of ketones is 1. The molecule has 2 rings (SSSR count). The zero-order valence-electron chi connectivity index (χ0n) is 16.3. The third-order valence-corrected chi connectivity index (χ3v) is 4.52. The summed E-state index contributed by atoms with van der Waals surface area (Å²) in [5.74, 6) is -0.921. The third kappa shape index (κ3) is 4.42. The minimum Gasteiger partial charge on any atom is -0.461 e. The van der Waals surface area contributed by atoms with Gasteiger partial charge in [0.25, 0.3) is 0 Å². The monoisotopic (exact) mass is 371 g/mol. The summed E-state index contributed by atoms with van der Waals surface area (Å²) >= 11 is 0. The Hall–Kier alpha value is -2.96. The Morgan fingerprint density at radius 1 is 1.22 bits per heavy atom. The fourth-order valence-electron chi connectivity index (χ4n) is 3.08. The van der Waals surface area contributed by atoms with Crippen LogP contribution in [0.3, 0.4) is 0 Å². The number of nitrogens with one attached hydrogen (secondary N) is 1. The quantitative estimate of drug-likeness (QED) is 0.597. The maximum Gasteiger partial charge on any atom is 0.355 e. The van der Waals surface area contributed by atoms with Crippen molar-refractivity contribution in [2.75, 3.05) is 6.61 Å². The van der Waals surface area contributed by atoms with E-state index in [0.717, 1.165) is 5.56 Å². The number of aromatic amines is 1. The number of esters is 1. The average molecular weight is 371 g/mol.